The molecule has 0 saturated heterocycles. The molecule has 0 aromatic rings. The van der Waals surface area contributed by atoms with Gasteiger partial charge in [-0.05, 0) is 48.7 Å². The molecule has 92 valence electrons. The molecule has 0 N–H and O–H groups in total. The second-order valence-electron chi connectivity index (χ2n) is 5.19. The van der Waals surface area contributed by atoms with Crippen LogP contribution in [0, 0.1) is 11.8 Å². The lowest BCUT2D eigenvalue weighted by Gasteiger charge is -2.42. The second-order valence-corrected chi connectivity index (χ2v) is 5.19. The highest BCUT2D eigenvalue weighted by molar-refractivity contribution is 5.48. The standard InChI is InChI=1S/C18H20/c1-3-7-11-15-16(12-8-4-1)18-14-10-6-2-5-9-13-17(15)18/h1-7,9,12,14-15,17H,8,10-11,13H2/b4-1-,6-2-,7-3-,9-5-,16-12+,18-14-. The van der Waals surface area contributed by atoms with Crippen LogP contribution in [0.15, 0.2) is 71.9 Å². The summed E-state index contributed by atoms with van der Waals surface area (Å²) in [5.74, 6) is 1.49. The lowest BCUT2D eigenvalue weighted by atomic mass is 9.61. The Morgan fingerprint density at radius 3 is 1.56 bits per heavy atom. The first-order valence-corrected chi connectivity index (χ1v) is 7.00. The van der Waals surface area contributed by atoms with Crippen LogP contribution in [0.2, 0.25) is 0 Å². The van der Waals surface area contributed by atoms with Crippen molar-refractivity contribution >= 4 is 0 Å². The predicted molar refractivity (Wildman–Crippen MR) is 78.2 cm³/mol. The van der Waals surface area contributed by atoms with Crippen molar-refractivity contribution in [3.05, 3.63) is 71.9 Å². The Kier molecular flexibility index (Phi) is 3.45. The Labute approximate surface area is 110 Å². The van der Waals surface area contributed by atoms with Crippen molar-refractivity contribution in [1.82, 2.24) is 0 Å². The first-order valence-electron chi connectivity index (χ1n) is 7.00. The zero-order valence-corrected chi connectivity index (χ0v) is 10.8. The summed E-state index contributed by atoms with van der Waals surface area (Å²) < 4.78 is 0. The Balaban J connectivity index is 1.89. The number of rotatable bonds is 0. The fourth-order valence-electron chi connectivity index (χ4n) is 3.20. The van der Waals surface area contributed by atoms with Crippen molar-refractivity contribution in [2.24, 2.45) is 11.8 Å². The number of hydrogen-bond acceptors (Lipinski definition) is 0. The monoisotopic (exact) mass is 236 g/mol. The smallest absolute Gasteiger partial charge is 0.00558 e. The molecular weight excluding hydrogens is 216 g/mol. The summed E-state index contributed by atoms with van der Waals surface area (Å²) in [6.07, 6.45) is 27.3. The number of fused-ring (bicyclic) bond motifs is 4. The molecule has 2 atom stereocenters. The average Bonchev–Trinajstić information content (AvgIpc) is 2.53. The molecule has 0 aromatic heterocycles. The molecule has 0 radical (unpaired) electrons. The van der Waals surface area contributed by atoms with Crippen LogP contribution in [-0.2, 0) is 0 Å². The summed E-state index contributed by atoms with van der Waals surface area (Å²) in [5.41, 5.74) is 3.22. The number of hydrogen-bond donors (Lipinski definition) is 0. The highest BCUT2D eigenvalue weighted by atomic mass is 14.4. The minimum Gasteiger partial charge on any atom is -0.0839 e. The molecule has 0 spiro atoms. The summed E-state index contributed by atoms with van der Waals surface area (Å²) >= 11 is 0. The summed E-state index contributed by atoms with van der Waals surface area (Å²) in [4.78, 5) is 0. The predicted octanol–water partition coefficient (Wildman–Crippen LogP) is 4.90. The SMILES string of the molecule is C1=C\C/C=C2/C3=C/C/C=C\C=C/CC3C2C\C=C/1. The Morgan fingerprint density at radius 2 is 1.06 bits per heavy atom. The van der Waals surface area contributed by atoms with E-state index in [2.05, 4.69) is 60.8 Å². The van der Waals surface area contributed by atoms with Gasteiger partial charge in [-0.25, -0.2) is 0 Å². The van der Waals surface area contributed by atoms with E-state index in [0.29, 0.717) is 0 Å². The molecule has 0 aliphatic heterocycles. The fraction of sp³-hybridized carbons (Fsp3) is 0.333. The minimum atomic E-state index is 0.746. The van der Waals surface area contributed by atoms with Crippen LogP contribution in [0.25, 0.3) is 0 Å². The molecular formula is C18H20. The third-order valence-corrected chi connectivity index (χ3v) is 4.11. The van der Waals surface area contributed by atoms with Gasteiger partial charge >= 0.3 is 0 Å². The van der Waals surface area contributed by atoms with Crippen LogP contribution in [-0.4, -0.2) is 0 Å². The van der Waals surface area contributed by atoms with Gasteiger partial charge in [0.2, 0.25) is 0 Å². The van der Waals surface area contributed by atoms with Gasteiger partial charge in [0.05, 0.1) is 0 Å². The fourth-order valence-corrected chi connectivity index (χ4v) is 3.20. The Morgan fingerprint density at radius 1 is 0.611 bits per heavy atom. The van der Waals surface area contributed by atoms with Gasteiger partial charge in [-0.1, -0.05) is 60.8 Å². The maximum Gasteiger partial charge on any atom is -0.00558 e. The molecule has 1 saturated carbocycles. The van der Waals surface area contributed by atoms with Crippen LogP contribution in [0.1, 0.15) is 25.7 Å². The normalized spacial score (nSPS) is 43.1. The maximum absolute atomic E-state index is 2.43. The molecule has 2 unspecified atom stereocenters. The molecule has 0 bridgehead atoms. The first-order chi connectivity index (χ1) is 8.97. The van der Waals surface area contributed by atoms with Crippen molar-refractivity contribution in [2.45, 2.75) is 25.7 Å². The Bertz CT molecular complexity index is 434. The molecule has 3 aliphatic rings. The molecule has 0 nitrogen and oxygen atoms in total. The van der Waals surface area contributed by atoms with E-state index in [9.17, 15) is 0 Å². The van der Waals surface area contributed by atoms with Gasteiger partial charge in [0.25, 0.3) is 0 Å². The lowest BCUT2D eigenvalue weighted by Crippen LogP contribution is -2.31. The first kappa shape index (κ1) is 11.5. The quantitative estimate of drug-likeness (QED) is 0.561. The summed E-state index contributed by atoms with van der Waals surface area (Å²) in [5, 5.41) is 0. The molecule has 3 aliphatic carbocycles. The minimum absolute atomic E-state index is 0.746. The van der Waals surface area contributed by atoms with Crippen LogP contribution >= 0.6 is 0 Å². The van der Waals surface area contributed by atoms with Crippen LogP contribution in [0.3, 0.4) is 0 Å². The van der Waals surface area contributed by atoms with Crippen molar-refractivity contribution < 1.29 is 0 Å². The molecule has 3 rings (SSSR count). The van der Waals surface area contributed by atoms with Crippen LogP contribution in [0.5, 0.6) is 0 Å². The highest BCUT2D eigenvalue weighted by Crippen LogP contribution is 2.50. The molecule has 0 aromatic carbocycles. The summed E-state index contributed by atoms with van der Waals surface area (Å²) in [6, 6.07) is 0. The summed E-state index contributed by atoms with van der Waals surface area (Å²) in [7, 11) is 0. The van der Waals surface area contributed by atoms with E-state index in [4.69, 9.17) is 0 Å². The van der Waals surface area contributed by atoms with Crippen molar-refractivity contribution in [3.8, 4) is 0 Å². The van der Waals surface area contributed by atoms with Crippen molar-refractivity contribution in [2.75, 3.05) is 0 Å². The summed E-state index contributed by atoms with van der Waals surface area (Å²) in [6.45, 7) is 0. The molecule has 0 heteroatoms. The molecule has 18 heavy (non-hydrogen) atoms. The maximum atomic E-state index is 2.43. The van der Waals surface area contributed by atoms with E-state index in [0.717, 1.165) is 24.7 Å². The highest BCUT2D eigenvalue weighted by Gasteiger charge is 2.38. The lowest BCUT2D eigenvalue weighted by molar-refractivity contribution is 0.367. The van der Waals surface area contributed by atoms with Gasteiger partial charge in [-0.2, -0.15) is 0 Å². The zero-order chi connectivity index (χ0) is 12.2. The van der Waals surface area contributed by atoms with Crippen LogP contribution in [0.4, 0.5) is 0 Å². The largest absolute Gasteiger partial charge is 0.0839 e. The van der Waals surface area contributed by atoms with Crippen molar-refractivity contribution in [1.29, 1.82) is 0 Å². The number of allylic oxidation sites excluding steroid dienone is 12. The van der Waals surface area contributed by atoms with E-state index >= 15 is 0 Å². The molecule has 1 fully saturated rings. The third-order valence-electron chi connectivity index (χ3n) is 4.11. The zero-order valence-electron chi connectivity index (χ0n) is 10.8. The van der Waals surface area contributed by atoms with Gasteiger partial charge in [0, 0.05) is 0 Å². The second kappa shape index (κ2) is 5.39. The van der Waals surface area contributed by atoms with Gasteiger partial charge in [0.15, 0.2) is 0 Å². The van der Waals surface area contributed by atoms with E-state index in [1.54, 1.807) is 11.1 Å². The van der Waals surface area contributed by atoms with Gasteiger partial charge in [0.1, 0.15) is 0 Å². The van der Waals surface area contributed by atoms with E-state index in [1.807, 2.05) is 0 Å². The van der Waals surface area contributed by atoms with Crippen LogP contribution < -0.4 is 0 Å². The third kappa shape index (κ3) is 2.20. The molecule has 0 heterocycles. The van der Waals surface area contributed by atoms with E-state index in [1.165, 1.54) is 12.8 Å². The Hall–Kier alpha value is -1.56. The van der Waals surface area contributed by atoms with Gasteiger partial charge < -0.3 is 0 Å². The molecule has 0 amide bonds. The van der Waals surface area contributed by atoms with E-state index in [-0.39, 0.29) is 0 Å². The topological polar surface area (TPSA) is 0 Å². The van der Waals surface area contributed by atoms with Crippen molar-refractivity contribution in [3.63, 3.8) is 0 Å². The van der Waals surface area contributed by atoms with E-state index < -0.39 is 0 Å². The van der Waals surface area contributed by atoms with Gasteiger partial charge in [-0.15, -0.1) is 0 Å². The van der Waals surface area contributed by atoms with Gasteiger partial charge in [-0.3, -0.25) is 0 Å². The average molecular weight is 236 g/mol.